The molecule has 1 amide bonds. The number of carbonyl (C=O) groups is 2. The highest BCUT2D eigenvalue weighted by Crippen LogP contribution is 2.37. The fraction of sp³-hybridized carbons (Fsp3) is 0.300. The molecule has 2 aromatic rings. The first-order valence-corrected chi connectivity index (χ1v) is 8.56. The molecule has 1 aliphatic rings. The van der Waals surface area contributed by atoms with Crippen molar-refractivity contribution in [3.63, 3.8) is 0 Å². The molecule has 1 saturated carbocycles. The lowest BCUT2D eigenvalue weighted by molar-refractivity contribution is -0.122. The van der Waals surface area contributed by atoms with Gasteiger partial charge in [-0.1, -0.05) is 30.3 Å². The molecule has 2 aromatic carbocycles. The number of nitrogens with zero attached hydrogens (tertiary/aromatic N) is 1. The predicted molar refractivity (Wildman–Crippen MR) is 91.7 cm³/mol. The van der Waals surface area contributed by atoms with Gasteiger partial charge in [-0.3, -0.25) is 9.69 Å². The summed E-state index contributed by atoms with van der Waals surface area (Å²) in [7, 11) is 0. The number of carbonyl (C=O) groups excluding carboxylic acids is 1. The molecule has 0 bridgehead atoms. The quantitative estimate of drug-likeness (QED) is 0.799. The van der Waals surface area contributed by atoms with Crippen LogP contribution in [0.15, 0.2) is 42.5 Å². The van der Waals surface area contributed by atoms with Crippen molar-refractivity contribution in [2.75, 3.05) is 0 Å². The van der Waals surface area contributed by atoms with Crippen LogP contribution in [-0.2, 0) is 11.3 Å². The van der Waals surface area contributed by atoms with Gasteiger partial charge in [0, 0.05) is 37.4 Å². The summed E-state index contributed by atoms with van der Waals surface area (Å²) in [6.45, 7) is 0.00984. The Balaban J connectivity index is 1.98. The van der Waals surface area contributed by atoms with Crippen molar-refractivity contribution in [2.45, 2.75) is 37.8 Å². The van der Waals surface area contributed by atoms with Crippen molar-refractivity contribution in [1.82, 2.24) is 4.90 Å². The number of carboxylic acid groups (broad SMARTS) is 1. The second-order valence-electron chi connectivity index (χ2n) is 6.64. The van der Waals surface area contributed by atoms with E-state index in [2.05, 4.69) is 0 Å². The monoisotopic (exact) mass is 377 g/mol. The van der Waals surface area contributed by atoms with E-state index in [9.17, 15) is 27.9 Å². The van der Waals surface area contributed by atoms with E-state index >= 15 is 0 Å². The van der Waals surface area contributed by atoms with Gasteiger partial charge in [-0.25, -0.2) is 18.0 Å². The fourth-order valence-corrected chi connectivity index (χ4v) is 3.61. The van der Waals surface area contributed by atoms with Crippen molar-refractivity contribution >= 4 is 11.9 Å². The van der Waals surface area contributed by atoms with Gasteiger partial charge in [0.1, 0.15) is 11.6 Å². The SMILES string of the molecule is O=C1CC[C@H](c2cc(F)c(F)cc2F)[C@@H](N(Cc2ccccc2)C(=O)O)C1. The standard InChI is InChI=1S/C20H18F3NO3/c21-16-10-18(23)17(22)9-15(16)14-7-6-13(25)8-19(14)24(20(26)27)11-12-4-2-1-3-5-12/h1-5,9-10,14,19H,6-8,11H2,(H,26,27)/t14-,19+/m1/s1. The van der Waals surface area contributed by atoms with Crippen molar-refractivity contribution in [1.29, 1.82) is 0 Å². The number of hydrogen-bond acceptors (Lipinski definition) is 2. The molecule has 0 aliphatic heterocycles. The molecule has 1 N–H and O–H groups in total. The lowest BCUT2D eigenvalue weighted by Gasteiger charge is -2.38. The lowest BCUT2D eigenvalue weighted by Crippen LogP contribution is -2.46. The Labute approximate surface area is 154 Å². The molecule has 1 aliphatic carbocycles. The largest absolute Gasteiger partial charge is 0.465 e. The van der Waals surface area contributed by atoms with E-state index in [1.807, 2.05) is 0 Å². The smallest absolute Gasteiger partial charge is 0.407 e. The van der Waals surface area contributed by atoms with Gasteiger partial charge < -0.3 is 5.11 Å². The summed E-state index contributed by atoms with van der Waals surface area (Å²) in [6.07, 6.45) is -1.04. The Morgan fingerprint density at radius 2 is 1.74 bits per heavy atom. The van der Waals surface area contributed by atoms with E-state index in [1.165, 1.54) is 0 Å². The van der Waals surface area contributed by atoms with Gasteiger partial charge in [-0.2, -0.15) is 0 Å². The molecule has 4 nitrogen and oxygen atoms in total. The molecule has 1 fully saturated rings. The zero-order valence-electron chi connectivity index (χ0n) is 14.4. The van der Waals surface area contributed by atoms with Gasteiger partial charge in [0.05, 0.1) is 0 Å². The molecule has 0 radical (unpaired) electrons. The second-order valence-corrected chi connectivity index (χ2v) is 6.64. The highest BCUT2D eigenvalue weighted by molar-refractivity contribution is 5.81. The molecule has 0 spiro atoms. The van der Waals surface area contributed by atoms with E-state index in [0.29, 0.717) is 11.6 Å². The average Bonchev–Trinajstić information content (AvgIpc) is 2.63. The molecule has 0 heterocycles. The number of hydrogen-bond donors (Lipinski definition) is 1. The van der Waals surface area contributed by atoms with Gasteiger partial charge in [-0.05, 0) is 23.6 Å². The predicted octanol–water partition coefficient (Wildman–Crippen LogP) is 4.49. The van der Waals surface area contributed by atoms with Gasteiger partial charge >= 0.3 is 6.09 Å². The maximum absolute atomic E-state index is 14.3. The van der Waals surface area contributed by atoms with E-state index in [4.69, 9.17) is 0 Å². The number of benzene rings is 2. The first-order valence-electron chi connectivity index (χ1n) is 8.56. The van der Waals surface area contributed by atoms with E-state index in [1.54, 1.807) is 30.3 Å². The molecule has 0 saturated heterocycles. The molecule has 0 unspecified atom stereocenters. The van der Waals surface area contributed by atoms with Crippen LogP contribution in [0, 0.1) is 17.5 Å². The van der Waals surface area contributed by atoms with Crippen LogP contribution in [0.5, 0.6) is 0 Å². The van der Waals surface area contributed by atoms with Crippen molar-refractivity contribution < 1.29 is 27.9 Å². The molecule has 142 valence electrons. The minimum atomic E-state index is -1.31. The maximum Gasteiger partial charge on any atom is 0.407 e. The zero-order valence-corrected chi connectivity index (χ0v) is 14.4. The summed E-state index contributed by atoms with van der Waals surface area (Å²) in [6, 6.07) is 9.16. The van der Waals surface area contributed by atoms with Crippen LogP contribution in [-0.4, -0.2) is 27.9 Å². The summed E-state index contributed by atoms with van der Waals surface area (Å²) in [5.41, 5.74) is 0.605. The molecule has 2 atom stereocenters. The first kappa shape index (κ1) is 18.9. The van der Waals surface area contributed by atoms with Crippen molar-refractivity contribution in [3.8, 4) is 0 Å². The minimum Gasteiger partial charge on any atom is -0.465 e. The molecule has 7 heteroatoms. The van der Waals surface area contributed by atoms with Crippen LogP contribution in [0.1, 0.15) is 36.3 Å². The number of Topliss-reactive ketones (excluding diaryl/α,β-unsaturated/α-hetero) is 1. The number of ketones is 1. The fourth-order valence-electron chi connectivity index (χ4n) is 3.61. The maximum atomic E-state index is 14.3. The van der Waals surface area contributed by atoms with Gasteiger partial charge in [0.25, 0.3) is 0 Å². The summed E-state index contributed by atoms with van der Waals surface area (Å²) in [5, 5.41) is 9.69. The molecular formula is C20H18F3NO3. The van der Waals surface area contributed by atoms with Gasteiger partial charge in [-0.15, -0.1) is 0 Å². The summed E-state index contributed by atoms with van der Waals surface area (Å²) in [5.74, 6) is -4.33. The highest BCUT2D eigenvalue weighted by atomic mass is 19.2. The number of halogens is 3. The number of amides is 1. The average molecular weight is 377 g/mol. The van der Waals surface area contributed by atoms with Crippen LogP contribution in [0.3, 0.4) is 0 Å². The molecule has 3 rings (SSSR count). The molecule has 0 aromatic heterocycles. The first-order chi connectivity index (χ1) is 12.9. The van der Waals surface area contributed by atoms with E-state index in [0.717, 1.165) is 11.0 Å². The summed E-state index contributed by atoms with van der Waals surface area (Å²) in [4.78, 5) is 24.9. The Morgan fingerprint density at radius 3 is 2.41 bits per heavy atom. The Morgan fingerprint density at radius 1 is 1.07 bits per heavy atom. The Hall–Kier alpha value is -2.83. The third-order valence-electron chi connectivity index (χ3n) is 4.92. The Kier molecular flexibility index (Phi) is 5.48. The van der Waals surface area contributed by atoms with Crippen LogP contribution >= 0.6 is 0 Å². The topological polar surface area (TPSA) is 57.6 Å². The normalized spacial score (nSPS) is 19.7. The van der Waals surface area contributed by atoms with Crippen molar-refractivity contribution in [2.24, 2.45) is 0 Å². The third kappa shape index (κ3) is 4.13. The van der Waals surface area contributed by atoms with Crippen molar-refractivity contribution in [3.05, 3.63) is 71.0 Å². The minimum absolute atomic E-state index is 0.00984. The van der Waals surface area contributed by atoms with E-state index in [-0.39, 0.29) is 37.2 Å². The Bertz CT molecular complexity index is 857. The van der Waals surface area contributed by atoms with Crippen LogP contribution in [0.25, 0.3) is 0 Å². The lowest BCUT2D eigenvalue weighted by atomic mass is 9.78. The molecular weight excluding hydrogens is 359 g/mol. The van der Waals surface area contributed by atoms with Gasteiger partial charge in [0.2, 0.25) is 0 Å². The zero-order chi connectivity index (χ0) is 19.6. The van der Waals surface area contributed by atoms with E-state index < -0.39 is 35.5 Å². The second kappa shape index (κ2) is 7.82. The van der Waals surface area contributed by atoms with Crippen LogP contribution in [0.2, 0.25) is 0 Å². The third-order valence-corrected chi connectivity index (χ3v) is 4.92. The summed E-state index contributed by atoms with van der Waals surface area (Å²) < 4.78 is 41.3. The van der Waals surface area contributed by atoms with Crippen LogP contribution < -0.4 is 0 Å². The molecule has 27 heavy (non-hydrogen) atoms. The number of rotatable bonds is 4. The van der Waals surface area contributed by atoms with Crippen LogP contribution in [0.4, 0.5) is 18.0 Å². The highest BCUT2D eigenvalue weighted by Gasteiger charge is 2.38. The summed E-state index contributed by atoms with van der Waals surface area (Å²) >= 11 is 0. The van der Waals surface area contributed by atoms with Gasteiger partial charge in [0.15, 0.2) is 11.6 Å².